The first-order chi connectivity index (χ1) is 7.44. The standard InChI is InChI=1S/C12H21NO3/c1-12(2,3)16-11(14)6-13-4-9-7-15-8-10(9)5-13/h9-10H,4-8H2,1-3H3/t9-,10+. The minimum absolute atomic E-state index is 0.117. The monoisotopic (exact) mass is 227 g/mol. The molecule has 0 bridgehead atoms. The van der Waals surface area contributed by atoms with Crippen molar-refractivity contribution in [3.05, 3.63) is 0 Å². The number of ether oxygens (including phenoxy) is 2. The van der Waals surface area contributed by atoms with Gasteiger partial charge in [0.05, 0.1) is 19.8 Å². The van der Waals surface area contributed by atoms with Crippen molar-refractivity contribution in [1.29, 1.82) is 0 Å². The van der Waals surface area contributed by atoms with Crippen LogP contribution in [0, 0.1) is 11.8 Å². The van der Waals surface area contributed by atoms with Gasteiger partial charge in [0.2, 0.25) is 0 Å². The summed E-state index contributed by atoms with van der Waals surface area (Å²) in [4.78, 5) is 13.8. The van der Waals surface area contributed by atoms with Gasteiger partial charge in [-0.1, -0.05) is 0 Å². The van der Waals surface area contributed by atoms with Gasteiger partial charge in [0, 0.05) is 24.9 Å². The van der Waals surface area contributed by atoms with Gasteiger partial charge in [0.15, 0.2) is 0 Å². The normalized spacial score (nSPS) is 30.4. The number of carbonyl (C=O) groups is 1. The predicted molar refractivity (Wildman–Crippen MR) is 60.1 cm³/mol. The summed E-state index contributed by atoms with van der Waals surface area (Å²) in [7, 11) is 0. The number of likely N-dealkylation sites (tertiary alicyclic amines) is 1. The highest BCUT2D eigenvalue weighted by molar-refractivity contribution is 5.72. The summed E-state index contributed by atoms with van der Waals surface area (Å²) >= 11 is 0. The molecule has 2 atom stereocenters. The molecule has 0 spiro atoms. The van der Waals surface area contributed by atoms with Gasteiger partial charge in [-0.15, -0.1) is 0 Å². The average molecular weight is 227 g/mol. The number of hydrogen-bond donors (Lipinski definition) is 0. The van der Waals surface area contributed by atoms with Crippen LogP contribution in [0.1, 0.15) is 20.8 Å². The van der Waals surface area contributed by atoms with Crippen LogP contribution in [-0.4, -0.2) is 49.3 Å². The van der Waals surface area contributed by atoms with Crippen molar-refractivity contribution < 1.29 is 14.3 Å². The molecule has 92 valence electrons. The van der Waals surface area contributed by atoms with E-state index in [2.05, 4.69) is 4.90 Å². The molecule has 2 fully saturated rings. The average Bonchev–Trinajstić information content (AvgIpc) is 2.58. The van der Waals surface area contributed by atoms with Gasteiger partial charge in [-0.3, -0.25) is 9.69 Å². The topological polar surface area (TPSA) is 38.8 Å². The second-order valence-corrected chi connectivity index (χ2v) is 5.84. The van der Waals surface area contributed by atoms with Gasteiger partial charge in [-0.25, -0.2) is 0 Å². The van der Waals surface area contributed by atoms with Gasteiger partial charge in [0.25, 0.3) is 0 Å². The van der Waals surface area contributed by atoms with E-state index in [4.69, 9.17) is 9.47 Å². The first-order valence-corrected chi connectivity index (χ1v) is 5.96. The summed E-state index contributed by atoms with van der Waals surface area (Å²) in [5, 5.41) is 0. The van der Waals surface area contributed by atoms with Gasteiger partial charge in [-0.2, -0.15) is 0 Å². The Kier molecular flexibility index (Phi) is 3.22. The fraction of sp³-hybridized carbons (Fsp3) is 0.917. The lowest BCUT2D eigenvalue weighted by atomic mass is 10.0. The van der Waals surface area contributed by atoms with Crippen molar-refractivity contribution in [3.63, 3.8) is 0 Å². The number of hydrogen-bond acceptors (Lipinski definition) is 4. The van der Waals surface area contributed by atoms with E-state index < -0.39 is 0 Å². The Hall–Kier alpha value is -0.610. The third-order valence-electron chi connectivity index (χ3n) is 3.09. The molecule has 0 radical (unpaired) electrons. The highest BCUT2D eigenvalue weighted by Crippen LogP contribution is 2.28. The molecule has 2 aliphatic rings. The van der Waals surface area contributed by atoms with E-state index in [0.717, 1.165) is 26.3 Å². The first-order valence-electron chi connectivity index (χ1n) is 5.96. The summed E-state index contributed by atoms with van der Waals surface area (Å²) in [6, 6.07) is 0. The zero-order valence-electron chi connectivity index (χ0n) is 10.4. The van der Waals surface area contributed by atoms with Crippen LogP contribution in [0.25, 0.3) is 0 Å². The Balaban J connectivity index is 1.77. The van der Waals surface area contributed by atoms with E-state index in [1.54, 1.807) is 0 Å². The molecule has 0 aromatic heterocycles. The predicted octanol–water partition coefficient (Wildman–Crippen LogP) is 0.906. The maximum atomic E-state index is 11.6. The van der Waals surface area contributed by atoms with Crippen molar-refractivity contribution in [2.45, 2.75) is 26.4 Å². The maximum absolute atomic E-state index is 11.6. The van der Waals surface area contributed by atoms with Crippen LogP contribution in [0.15, 0.2) is 0 Å². The molecular formula is C12H21NO3. The molecule has 4 heteroatoms. The molecule has 0 aromatic carbocycles. The summed E-state index contributed by atoms with van der Waals surface area (Å²) in [6.45, 7) is 9.79. The second kappa shape index (κ2) is 4.34. The van der Waals surface area contributed by atoms with E-state index in [-0.39, 0.29) is 11.6 Å². The van der Waals surface area contributed by atoms with Crippen molar-refractivity contribution in [2.24, 2.45) is 11.8 Å². The van der Waals surface area contributed by atoms with Gasteiger partial charge < -0.3 is 9.47 Å². The van der Waals surface area contributed by atoms with E-state index in [0.29, 0.717) is 18.4 Å². The van der Waals surface area contributed by atoms with Crippen molar-refractivity contribution in [2.75, 3.05) is 32.8 Å². The van der Waals surface area contributed by atoms with Crippen LogP contribution in [0.3, 0.4) is 0 Å². The number of carbonyl (C=O) groups excluding carboxylic acids is 1. The molecule has 2 aliphatic heterocycles. The fourth-order valence-electron chi connectivity index (χ4n) is 2.47. The van der Waals surface area contributed by atoms with Crippen LogP contribution in [0.4, 0.5) is 0 Å². The Morgan fingerprint density at radius 1 is 1.31 bits per heavy atom. The van der Waals surface area contributed by atoms with Gasteiger partial charge in [0.1, 0.15) is 5.60 Å². The SMILES string of the molecule is CC(C)(C)OC(=O)CN1C[C@H]2COC[C@H]2C1. The zero-order chi connectivity index (χ0) is 11.8. The summed E-state index contributed by atoms with van der Waals surface area (Å²) in [6.07, 6.45) is 0. The third kappa shape index (κ3) is 2.95. The lowest BCUT2D eigenvalue weighted by Crippen LogP contribution is -2.34. The number of rotatable bonds is 2. The molecular weight excluding hydrogens is 206 g/mol. The minimum atomic E-state index is -0.379. The molecule has 2 heterocycles. The largest absolute Gasteiger partial charge is 0.459 e. The molecule has 16 heavy (non-hydrogen) atoms. The van der Waals surface area contributed by atoms with Crippen LogP contribution >= 0.6 is 0 Å². The highest BCUT2D eigenvalue weighted by atomic mass is 16.6. The van der Waals surface area contributed by atoms with E-state index in [1.807, 2.05) is 20.8 Å². The molecule has 0 aromatic rings. The van der Waals surface area contributed by atoms with Gasteiger partial charge in [-0.05, 0) is 20.8 Å². The van der Waals surface area contributed by atoms with E-state index in [1.165, 1.54) is 0 Å². The smallest absolute Gasteiger partial charge is 0.320 e. The lowest BCUT2D eigenvalue weighted by Gasteiger charge is -2.22. The van der Waals surface area contributed by atoms with Crippen LogP contribution in [0.2, 0.25) is 0 Å². The quantitative estimate of drug-likeness (QED) is 0.657. The molecule has 2 rings (SSSR count). The number of esters is 1. The van der Waals surface area contributed by atoms with Crippen molar-refractivity contribution >= 4 is 5.97 Å². The highest BCUT2D eigenvalue weighted by Gasteiger charge is 2.37. The zero-order valence-corrected chi connectivity index (χ0v) is 10.4. The molecule has 2 saturated heterocycles. The number of nitrogens with zero attached hydrogens (tertiary/aromatic N) is 1. The van der Waals surface area contributed by atoms with Crippen LogP contribution < -0.4 is 0 Å². The maximum Gasteiger partial charge on any atom is 0.320 e. The summed E-state index contributed by atoms with van der Waals surface area (Å²) in [5.41, 5.74) is -0.379. The molecule has 0 aliphatic carbocycles. The molecule has 0 amide bonds. The Labute approximate surface area is 96.9 Å². The van der Waals surface area contributed by atoms with Gasteiger partial charge >= 0.3 is 5.97 Å². The number of fused-ring (bicyclic) bond motifs is 1. The van der Waals surface area contributed by atoms with Crippen molar-refractivity contribution in [3.8, 4) is 0 Å². The Morgan fingerprint density at radius 3 is 2.38 bits per heavy atom. The first kappa shape index (κ1) is 11.9. The van der Waals surface area contributed by atoms with Crippen molar-refractivity contribution in [1.82, 2.24) is 4.90 Å². The van der Waals surface area contributed by atoms with E-state index in [9.17, 15) is 4.79 Å². The fourth-order valence-corrected chi connectivity index (χ4v) is 2.47. The third-order valence-corrected chi connectivity index (χ3v) is 3.09. The molecule has 0 saturated carbocycles. The van der Waals surface area contributed by atoms with Crippen LogP contribution in [0.5, 0.6) is 0 Å². The van der Waals surface area contributed by atoms with E-state index >= 15 is 0 Å². The molecule has 0 unspecified atom stereocenters. The lowest BCUT2D eigenvalue weighted by molar-refractivity contribution is -0.155. The molecule has 0 N–H and O–H groups in total. The molecule has 4 nitrogen and oxygen atoms in total. The minimum Gasteiger partial charge on any atom is -0.459 e. The second-order valence-electron chi connectivity index (χ2n) is 5.84. The summed E-state index contributed by atoms with van der Waals surface area (Å²) < 4.78 is 10.7. The summed E-state index contributed by atoms with van der Waals surface area (Å²) in [5.74, 6) is 1.14. The Bertz CT molecular complexity index is 260. The Morgan fingerprint density at radius 2 is 1.88 bits per heavy atom. The van der Waals surface area contributed by atoms with Crippen LogP contribution in [-0.2, 0) is 14.3 Å².